The molecule has 6 nitrogen and oxygen atoms in total. The summed E-state index contributed by atoms with van der Waals surface area (Å²) in [6.45, 7) is 3.58. The van der Waals surface area contributed by atoms with Crippen LogP contribution in [0.15, 0.2) is 18.2 Å². The molecule has 0 unspecified atom stereocenters. The van der Waals surface area contributed by atoms with E-state index in [1.807, 2.05) is 30.0 Å². The third-order valence-corrected chi connectivity index (χ3v) is 5.18. The number of methoxy groups -OCH3 is 2. The van der Waals surface area contributed by atoms with E-state index >= 15 is 0 Å². The molecule has 1 aromatic carbocycles. The fraction of sp³-hybridized carbons (Fsp3) is 0.632. The molecule has 25 heavy (non-hydrogen) atoms. The zero-order valence-corrected chi connectivity index (χ0v) is 15.3. The quantitative estimate of drug-likeness (QED) is 0.888. The zero-order chi connectivity index (χ0) is 17.8. The third-order valence-electron chi connectivity index (χ3n) is 5.18. The first-order valence-corrected chi connectivity index (χ1v) is 9.04. The van der Waals surface area contributed by atoms with Gasteiger partial charge in [0.1, 0.15) is 0 Å². The van der Waals surface area contributed by atoms with Gasteiger partial charge in [0.15, 0.2) is 11.5 Å². The predicted octanol–water partition coefficient (Wildman–Crippen LogP) is 3.12. The van der Waals surface area contributed by atoms with Gasteiger partial charge in [-0.2, -0.15) is 0 Å². The minimum absolute atomic E-state index is 0.0136. The Kier molecular flexibility index (Phi) is 5.68. The van der Waals surface area contributed by atoms with Crippen molar-refractivity contribution < 1.29 is 19.0 Å². The van der Waals surface area contributed by atoms with Crippen LogP contribution in [0.2, 0.25) is 0 Å². The lowest BCUT2D eigenvalue weighted by Crippen LogP contribution is -2.47. The van der Waals surface area contributed by atoms with Crippen molar-refractivity contribution >= 4 is 6.03 Å². The Hall–Kier alpha value is -1.95. The van der Waals surface area contributed by atoms with Crippen molar-refractivity contribution in [3.8, 4) is 11.5 Å². The van der Waals surface area contributed by atoms with Crippen LogP contribution in [0.3, 0.4) is 0 Å². The second-order valence-corrected chi connectivity index (χ2v) is 6.76. The normalized spacial score (nSPS) is 24.2. The van der Waals surface area contributed by atoms with Crippen molar-refractivity contribution in [3.63, 3.8) is 0 Å². The minimum atomic E-state index is -0.0136. The molecule has 2 aliphatic rings. The number of amides is 2. The largest absolute Gasteiger partial charge is 0.493 e. The molecule has 0 aliphatic carbocycles. The minimum Gasteiger partial charge on any atom is -0.493 e. The summed E-state index contributed by atoms with van der Waals surface area (Å²) in [6.07, 6.45) is 4.17. The summed E-state index contributed by atoms with van der Waals surface area (Å²) < 4.78 is 16.4. The van der Waals surface area contributed by atoms with E-state index in [-0.39, 0.29) is 24.2 Å². The molecule has 3 atom stereocenters. The van der Waals surface area contributed by atoms with Gasteiger partial charge in [-0.05, 0) is 50.3 Å². The van der Waals surface area contributed by atoms with E-state index in [4.69, 9.17) is 14.2 Å². The topological polar surface area (TPSA) is 60.0 Å². The first-order chi connectivity index (χ1) is 12.1. The van der Waals surface area contributed by atoms with E-state index in [1.54, 1.807) is 14.2 Å². The number of hydrogen-bond acceptors (Lipinski definition) is 4. The Morgan fingerprint density at radius 1 is 1.24 bits per heavy atom. The summed E-state index contributed by atoms with van der Waals surface area (Å²) in [7, 11) is 3.25. The number of carbonyl (C=O) groups excluding carboxylic acids is 1. The Morgan fingerprint density at radius 3 is 2.72 bits per heavy atom. The third kappa shape index (κ3) is 3.84. The molecule has 0 aromatic heterocycles. The van der Waals surface area contributed by atoms with Crippen LogP contribution in [0, 0.1) is 0 Å². The molecule has 2 fully saturated rings. The number of nitrogens with zero attached hydrogens (tertiary/aromatic N) is 1. The number of nitrogens with one attached hydrogen (secondary N) is 1. The smallest absolute Gasteiger partial charge is 0.318 e. The van der Waals surface area contributed by atoms with Crippen LogP contribution in [0.25, 0.3) is 0 Å². The first kappa shape index (κ1) is 17.9. The number of ether oxygens (including phenoxy) is 3. The van der Waals surface area contributed by atoms with Gasteiger partial charge in [0.05, 0.1) is 32.4 Å². The molecule has 2 amide bonds. The Labute approximate surface area is 149 Å². The maximum absolute atomic E-state index is 12.8. The van der Waals surface area contributed by atoms with Crippen molar-refractivity contribution in [1.29, 1.82) is 0 Å². The van der Waals surface area contributed by atoms with Crippen molar-refractivity contribution in [3.05, 3.63) is 23.8 Å². The van der Waals surface area contributed by atoms with E-state index in [0.29, 0.717) is 11.5 Å². The van der Waals surface area contributed by atoms with E-state index in [9.17, 15) is 4.79 Å². The highest BCUT2D eigenvalue weighted by Gasteiger charge is 2.32. The molecule has 2 saturated heterocycles. The number of likely N-dealkylation sites (tertiary alicyclic amines) is 1. The molecule has 6 heteroatoms. The molecule has 0 spiro atoms. The molecule has 3 rings (SSSR count). The van der Waals surface area contributed by atoms with Gasteiger partial charge in [-0.3, -0.25) is 0 Å². The van der Waals surface area contributed by atoms with Crippen LogP contribution in [0.1, 0.15) is 44.2 Å². The number of carbonyl (C=O) groups is 1. The maximum Gasteiger partial charge on any atom is 0.318 e. The van der Waals surface area contributed by atoms with Crippen LogP contribution in [0.5, 0.6) is 11.5 Å². The van der Waals surface area contributed by atoms with Crippen LogP contribution in [-0.2, 0) is 4.74 Å². The number of urea groups is 1. The zero-order valence-electron chi connectivity index (χ0n) is 15.3. The van der Waals surface area contributed by atoms with Gasteiger partial charge in [0, 0.05) is 13.2 Å². The van der Waals surface area contributed by atoms with Crippen LogP contribution in [0.4, 0.5) is 4.79 Å². The van der Waals surface area contributed by atoms with Gasteiger partial charge in [0.2, 0.25) is 0 Å². The van der Waals surface area contributed by atoms with Gasteiger partial charge >= 0.3 is 6.03 Å². The van der Waals surface area contributed by atoms with Gasteiger partial charge in [0.25, 0.3) is 0 Å². The highest BCUT2D eigenvalue weighted by molar-refractivity contribution is 5.75. The van der Waals surface area contributed by atoms with Crippen molar-refractivity contribution in [2.24, 2.45) is 0 Å². The Bertz CT molecular complexity index is 601. The molecule has 0 saturated carbocycles. The molecular weight excluding hydrogens is 320 g/mol. The summed E-state index contributed by atoms with van der Waals surface area (Å²) in [6, 6.07) is 5.97. The molecule has 0 radical (unpaired) electrons. The maximum atomic E-state index is 12.8. The number of hydrogen-bond donors (Lipinski definition) is 1. The van der Waals surface area contributed by atoms with Crippen LogP contribution < -0.4 is 14.8 Å². The summed E-state index contributed by atoms with van der Waals surface area (Å²) in [5.74, 6) is 1.40. The molecule has 2 heterocycles. The van der Waals surface area contributed by atoms with E-state index in [1.165, 1.54) is 0 Å². The van der Waals surface area contributed by atoms with Crippen molar-refractivity contribution in [2.75, 3.05) is 27.4 Å². The van der Waals surface area contributed by atoms with Gasteiger partial charge in [-0.1, -0.05) is 6.07 Å². The summed E-state index contributed by atoms with van der Waals surface area (Å²) in [5.41, 5.74) is 1.08. The fourth-order valence-corrected chi connectivity index (χ4v) is 3.78. The highest BCUT2D eigenvalue weighted by Crippen LogP contribution is 2.36. The predicted molar refractivity (Wildman–Crippen MR) is 95.2 cm³/mol. The molecule has 1 aromatic rings. The fourth-order valence-electron chi connectivity index (χ4n) is 3.78. The molecular formula is C19H28N2O4. The van der Waals surface area contributed by atoms with Gasteiger partial charge < -0.3 is 24.4 Å². The molecule has 0 bridgehead atoms. The monoisotopic (exact) mass is 348 g/mol. The summed E-state index contributed by atoms with van der Waals surface area (Å²) >= 11 is 0. The highest BCUT2D eigenvalue weighted by atomic mass is 16.5. The molecule has 2 aliphatic heterocycles. The lowest BCUT2D eigenvalue weighted by atomic mass is 10.0. The average Bonchev–Trinajstić information content (AvgIpc) is 3.32. The first-order valence-electron chi connectivity index (χ1n) is 9.04. The van der Waals surface area contributed by atoms with Gasteiger partial charge in [-0.15, -0.1) is 0 Å². The van der Waals surface area contributed by atoms with Gasteiger partial charge in [-0.25, -0.2) is 4.79 Å². The van der Waals surface area contributed by atoms with E-state index in [0.717, 1.165) is 44.4 Å². The second kappa shape index (κ2) is 7.95. The van der Waals surface area contributed by atoms with Crippen LogP contribution in [-0.4, -0.2) is 50.4 Å². The second-order valence-electron chi connectivity index (χ2n) is 6.76. The summed E-state index contributed by atoms with van der Waals surface area (Å²) in [5, 5.41) is 3.12. The average molecular weight is 348 g/mol. The SMILES string of the molecule is COc1ccc([C@@H]2CCCN2C(=O)N[C@@H](C)[C@H]2CCCO2)cc1OC. The standard InChI is InChI=1S/C19H28N2O4/c1-13(16-7-5-11-25-16)20-19(22)21-10-4-6-15(21)14-8-9-17(23-2)18(12-14)24-3/h8-9,12-13,15-16H,4-7,10-11H2,1-3H3,(H,20,22)/t13-,15-,16+/m0/s1. The Morgan fingerprint density at radius 2 is 2.04 bits per heavy atom. The number of rotatable bonds is 5. The number of benzene rings is 1. The lowest BCUT2D eigenvalue weighted by molar-refractivity contribution is 0.0829. The van der Waals surface area contributed by atoms with Crippen molar-refractivity contribution in [1.82, 2.24) is 10.2 Å². The lowest BCUT2D eigenvalue weighted by Gasteiger charge is -2.29. The van der Waals surface area contributed by atoms with Crippen molar-refractivity contribution in [2.45, 2.75) is 50.8 Å². The molecule has 1 N–H and O–H groups in total. The van der Waals surface area contributed by atoms with E-state index < -0.39 is 0 Å². The van der Waals surface area contributed by atoms with E-state index in [2.05, 4.69) is 5.32 Å². The van der Waals surface area contributed by atoms with Crippen LogP contribution >= 0.6 is 0 Å². The molecule has 138 valence electrons. The summed E-state index contributed by atoms with van der Waals surface area (Å²) in [4.78, 5) is 14.7. The Balaban J connectivity index is 1.70.